The molecule has 1 aliphatic heterocycles. The third kappa shape index (κ3) is 2.54. The van der Waals surface area contributed by atoms with E-state index in [4.69, 9.17) is 4.74 Å². The van der Waals surface area contributed by atoms with Gasteiger partial charge in [-0.15, -0.1) is 0 Å². The van der Waals surface area contributed by atoms with Crippen molar-refractivity contribution in [3.8, 4) is 0 Å². The number of cyclic esters (lactones) is 1. The van der Waals surface area contributed by atoms with E-state index in [2.05, 4.69) is 6.92 Å². The maximum atomic E-state index is 11.1. The summed E-state index contributed by atoms with van der Waals surface area (Å²) in [5, 5.41) is 0. The summed E-state index contributed by atoms with van der Waals surface area (Å²) >= 11 is 0. The molecule has 0 aromatic heterocycles. The van der Waals surface area contributed by atoms with E-state index in [-0.39, 0.29) is 17.9 Å². The topological polar surface area (TPSA) is 43.4 Å². The number of hydrogen-bond acceptors (Lipinski definition) is 3. The smallest absolute Gasteiger partial charge is 0.316 e. The van der Waals surface area contributed by atoms with Crippen molar-refractivity contribution >= 4 is 11.8 Å². The predicted molar refractivity (Wildman–Crippen MR) is 48.2 cm³/mol. The fourth-order valence-corrected chi connectivity index (χ4v) is 1.59. The minimum Gasteiger partial charge on any atom is -0.462 e. The molecule has 1 rings (SSSR count). The van der Waals surface area contributed by atoms with Crippen LogP contribution in [0.3, 0.4) is 0 Å². The average Bonchev–Trinajstić information content (AvgIpc) is 2.43. The Morgan fingerprint density at radius 1 is 1.62 bits per heavy atom. The minimum absolute atomic E-state index is 0.0126. The lowest BCUT2D eigenvalue weighted by molar-refractivity contribution is -0.146. The van der Waals surface area contributed by atoms with Gasteiger partial charge in [-0.3, -0.25) is 9.59 Å². The van der Waals surface area contributed by atoms with Crippen LogP contribution in [0.2, 0.25) is 0 Å². The third-order valence-electron chi connectivity index (χ3n) is 2.44. The van der Waals surface area contributed by atoms with Gasteiger partial charge in [0.15, 0.2) is 0 Å². The van der Waals surface area contributed by atoms with Crippen LogP contribution in [0.1, 0.15) is 39.5 Å². The summed E-state index contributed by atoms with van der Waals surface area (Å²) in [6, 6.07) is 0. The largest absolute Gasteiger partial charge is 0.462 e. The van der Waals surface area contributed by atoms with E-state index >= 15 is 0 Å². The second-order valence-electron chi connectivity index (χ2n) is 3.60. The fraction of sp³-hybridized carbons (Fsp3) is 0.800. The molecule has 1 saturated heterocycles. The van der Waals surface area contributed by atoms with Gasteiger partial charge < -0.3 is 4.74 Å². The molecule has 1 heterocycles. The van der Waals surface area contributed by atoms with Crippen LogP contribution in [0.4, 0.5) is 0 Å². The molecular formula is C10H16O3. The fourth-order valence-electron chi connectivity index (χ4n) is 1.59. The SMILES string of the molecule is CCCC[C@H]1C[C@H](C(C)=O)C(=O)O1. The maximum Gasteiger partial charge on any atom is 0.316 e. The van der Waals surface area contributed by atoms with Crippen LogP contribution in [0.5, 0.6) is 0 Å². The zero-order valence-corrected chi connectivity index (χ0v) is 8.21. The Hall–Kier alpha value is -0.860. The molecule has 2 atom stereocenters. The van der Waals surface area contributed by atoms with Crippen molar-refractivity contribution in [2.24, 2.45) is 5.92 Å². The zero-order valence-electron chi connectivity index (χ0n) is 8.21. The first-order chi connectivity index (χ1) is 6.15. The molecule has 13 heavy (non-hydrogen) atoms. The molecule has 0 aromatic carbocycles. The summed E-state index contributed by atoms with van der Waals surface area (Å²) in [6.07, 6.45) is 3.63. The number of carbonyl (C=O) groups excluding carboxylic acids is 2. The lowest BCUT2D eigenvalue weighted by atomic mass is 9.99. The molecule has 1 aliphatic rings. The number of esters is 1. The van der Waals surface area contributed by atoms with E-state index in [9.17, 15) is 9.59 Å². The molecule has 0 amide bonds. The highest BCUT2D eigenvalue weighted by molar-refractivity contribution is 5.98. The highest BCUT2D eigenvalue weighted by Gasteiger charge is 2.36. The second-order valence-corrected chi connectivity index (χ2v) is 3.60. The number of ketones is 1. The Kier molecular flexibility index (Phi) is 3.46. The number of Topliss-reactive ketones (excluding diaryl/α,β-unsaturated/α-hetero) is 1. The maximum absolute atomic E-state index is 11.1. The molecule has 0 bridgehead atoms. The summed E-state index contributed by atoms with van der Waals surface area (Å²) < 4.78 is 5.08. The zero-order chi connectivity index (χ0) is 9.84. The van der Waals surface area contributed by atoms with Crippen LogP contribution in [-0.4, -0.2) is 17.9 Å². The number of carbonyl (C=O) groups is 2. The Morgan fingerprint density at radius 2 is 2.31 bits per heavy atom. The van der Waals surface area contributed by atoms with Gasteiger partial charge in [0, 0.05) is 6.42 Å². The lowest BCUT2D eigenvalue weighted by Gasteiger charge is -2.06. The first kappa shape index (κ1) is 10.2. The predicted octanol–water partition coefficient (Wildman–Crippen LogP) is 1.70. The van der Waals surface area contributed by atoms with E-state index < -0.39 is 5.92 Å². The Bertz CT molecular complexity index is 210. The van der Waals surface area contributed by atoms with Gasteiger partial charge in [-0.1, -0.05) is 19.8 Å². The van der Waals surface area contributed by atoms with E-state index in [0.717, 1.165) is 19.3 Å². The van der Waals surface area contributed by atoms with Crippen molar-refractivity contribution in [3.05, 3.63) is 0 Å². The first-order valence-electron chi connectivity index (χ1n) is 4.86. The van der Waals surface area contributed by atoms with Crippen molar-refractivity contribution in [1.82, 2.24) is 0 Å². The van der Waals surface area contributed by atoms with Crippen molar-refractivity contribution in [1.29, 1.82) is 0 Å². The molecule has 74 valence electrons. The molecule has 0 aliphatic carbocycles. The molecule has 0 aromatic rings. The molecule has 0 spiro atoms. The van der Waals surface area contributed by atoms with Crippen LogP contribution in [0, 0.1) is 5.92 Å². The van der Waals surface area contributed by atoms with Crippen molar-refractivity contribution in [2.75, 3.05) is 0 Å². The third-order valence-corrected chi connectivity index (χ3v) is 2.44. The summed E-state index contributed by atoms with van der Waals surface area (Å²) in [7, 11) is 0. The summed E-state index contributed by atoms with van der Waals surface area (Å²) in [4.78, 5) is 22.1. The van der Waals surface area contributed by atoms with E-state index in [1.165, 1.54) is 6.92 Å². The van der Waals surface area contributed by atoms with Crippen molar-refractivity contribution in [3.63, 3.8) is 0 Å². The van der Waals surface area contributed by atoms with Crippen LogP contribution >= 0.6 is 0 Å². The number of ether oxygens (including phenoxy) is 1. The summed E-state index contributed by atoms with van der Waals surface area (Å²) in [5.74, 6) is -0.876. The van der Waals surface area contributed by atoms with Gasteiger partial charge in [-0.05, 0) is 13.3 Å². The standard InChI is InChI=1S/C10H16O3/c1-3-4-5-8-6-9(7(2)11)10(12)13-8/h8-9H,3-6H2,1-2H3/t8-,9+/m0/s1. The van der Waals surface area contributed by atoms with E-state index in [0.29, 0.717) is 6.42 Å². The van der Waals surface area contributed by atoms with Gasteiger partial charge in [0.1, 0.15) is 17.8 Å². The Balaban J connectivity index is 2.41. The monoisotopic (exact) mass is 184 g/mol. The molecular weight excluding hydrogens is 168 g/mol. The first-order valence-corrected chi connectivity index (χ1v) is 4.86. The second kappa shape index (κ2) is 4.40. The lowest BCUT2D eigenvalue weighted by Crippen LogP contribution is -2.15. The minimum atomic E-state index is -0.484. The molecule has 0 saturated carbocycles. The van der Waals surface area contributed by atoms with E-state index in [1.807, 2.05) is 0 Å². The summed E-state index contributed by atoms with van der Waals surface area (Å²) in [6.45, 7) is 3.55. The number of hydrogen-bond donors (Lipinski definition) is 0. The van der Waals surface area contributed by atoms with Gasteiger partial charge in [0.2, 0.25) is 0 Å². The Labute approximate surface area is 78.5 Å². The molecule has 1 fully saturated rings. The molecule has 3 nitrogen and oxygen atoms in total. The molecule has 3 heteroatoms. The number of rotatable bonds is 4. The van der Waals surface area contributed by atoms with Gasteiger partial charge in [-0.25, -0.2) is 0 Å². The van der Waals surface area contributed by atoms with E-state index in [1.54, 1.807) is 0 Å². The summed E-state index contributed by atoms with van der Waals surface area (Å²) in [5.41, 5.74) is 0. The highest BCUT2D eigenvalue weighted by Crippen LogP contribution is 2.25. The Morgan fingerprint density at radius 3 is 2.77 bits per heavy atom. The van der Waals surface area contributed by atoms with Crippen LogP contribution in [-0.2, 0) is 14.3 Å². The average molecular weight is 184 g/mol. The van der Waals surface area contributed by atoms with Crippen LogP contribution in [0.25, 0.3) is 0 Å². The normalized spacial score (nSPS) is 27.4. The van der Waals surface area contributed by atoms with Gasteiger partial charge >= 0.3 is 5.97 Å². The quantitative estimate of drug-likeness (QED) is 0.493. The van der Waals surface area contributed by atoms with Gasteiger partial charge in [-0.2, -0.15) is 0 Å². The van der Waals surface area contributed by atoms with Crippen molar-refractivity contribution in [2.45, 2.75) is 45.6 Å². The van der Waals surface area contributed by atoms with Crippen molar-refractivity contribution < 1.29 is 14.3 Å². The van der Waals surface area contributed by atoms with Crippen LogP contribution < -0.4 is 0 Å². The molecule has 0 radical (unpaired) electrons. The molecule has 0 unspecified atom stereocenters. The number of unbranched alkanes of at least 4 members (excludes halogenated alkanes) is 1. The van der Waals surface area contributed by atoms with Gasteiger partial charge in [0.05, 0.1) is 0 Å². The van der Waals surface area contributed by atoms with Gasteiger partial charge in [0.25, 0.3) is 0 Å². The highest BCUT2D eigenvalue weighted by atomic mass is 16.6. The molecule has 0 N–H and O–H groups in total. The van der Waals surface area contributed by atoms with Crippen LogP contribution in [0.15, 0.2) is 0 Å².